The molecule has 2 heterocycles. The fourth-order valence-electron chi connectivity index (χ4n) is 2.95. The Labute approximate surface area is 140 Å². The van der Waals surface area contributed by atoms with E-state index < -0.39 is 0 Å². The van der Waals surface area contributed by atoms with Crippen LogP contribution in [-0.4, -0.2) is 16.0 Å². The number of nitrogens with zero attached hydrogens (tertiary/aromatic N) is 2. The molecule has 2 aromatic rings. The number of amides is 1. The molecule has 0 radical (unpaired) electrons. The van der Waals surface area contributed by atoms with E-state index in [1.165, 1.54) is 6.20 Å². The lowest BCUT2D eigenvalue weighted by Crippen LogP contribution is -2.27. The van der Waals surface area contributed by atoms with Crippen molar-refractivity contribution in [1.29, 1.82) is 0 Å². The van der Waals surface area contributed by atoms with Crippen LogP contribution in [0.15, 0.2) is 22.9 Å². The average molecular weight is 334 g/mol. The first-order valence-electron chi connectivity index (χ1n) is 7.75. The Morgan fingerprint density at radius 1 is 1.39 bits per heavy atom. The highest BCUT2D eigenvalue weighted by atomic mass is 35.5. The Morgan fingerprint density at radius 2 is 2.17 bits per heavy atom. The summed E-state index contributed by atoms with van der Waals surface area (Å²) in [5, 5.41) is 7.25. The molecule has 2 aromatic heterocycles. The number of carbonyl (C=O) groups is 1. The molecular formula is C17H20ClN3O2. The lowest BCUT2D eigenvalue weighted by Gasteiger charge is -2.33. The van der Waals surface area contributed by atoms with E-state index in [1.54, 1.807) is 12.1 Å². The minimum absolute atomic E-state index is 0.195. The predicted molar refractivity (Wildman–Crippen MR) is 88.7 cm³/mol. The van der Waals surface area contributed by atoms with Gasteiger partial charge in [-0.15, -0.1) is 0 Å². The number of aryl methyl sites for hydroxylation is 1. The predicted octanol–water partition coefficient (Wildman–Crippen LogP) is 4.13. The summed E-state index contributed by atoms with van der Waals surface area (Å²) in [6.45, 7) is 6.69. The maximum Gasteiger partial charge on any atom is 0.279 e. The van der Waals surface area contributed by atoms with Gasteiger partial charge in [-0.25, -0.2) is 4.98 Å². The standard InChI is InChI=1S/C17H20ClN3O2/c1-17(2,3)10-4-6-13-12(8-10)15(21-23-13)16(22)20-14-7-5-11(18)9-19-14/h5,7,9-10H,4,6,8H2,1-3H3,(H,19,20,22)/t10-/m1/s1. The second-order valence-corrected chi connectivity index (χ2v) is 7.49. The number of fused-ring (bicyclic) bond motifs is 1. The molecule has 122 valence electrons. The van der Waals surface area contributed by atoms with Gasteiger partial charge >= 0.3 is 0 Å². The van der Waals surface area contributed by atoms with Crippen molar-refractivity contribution in [2.24, 2.45) is 11.3 Å². The van der Waals surface area contributed by atoms with Crippen LogP contribution in [0.1, 0.15) is 49.0 Å². The highest BCUT2D eigenvalue weighted by molar-refractivity contribution is 6.30. The van der Waals surface area contributed by atoms with Crippen LogP contribution in [0, 0.1) is 11.3 Å². The molecule has 0 fully saturated rings. The minimum atomic E-state index is -0.292. The van der Waals surface area contributed by atoms with Crippen molar-refractivity contribution in [1.82, 2.24) is 10.1 Å². The summed E-state index contributed by atoms with van der Waals surface area (Å²) < 4.78 is 5.37. The molecule has 0 aliphatic heterocycles. The van der Waals surface area contributed by atoms with Crippen molar-refractivity contribution >= 4 is 23.3 Å². The van der Waals surface area contributed by atoms with Crippen LogP contribution < -0.4 is 5.32 Å². The second-order valence-electron chi connectivity index (χ2n) is 7.05. The quantitative estimate of drug-likeness (QED) is 0.897. The molecule has 6 heteroatoms. The van der Waals surface area contributed by atoms with Crippen molar-refractivity contribution in [3.8, 4) is 0 Å². The molecule has 1 N–H and O–H groups in total. The maximum atomic E-state index is 12.5. The van der Waals surface area contributed by atoms with E-state index in [0.29, 0.717) is 22.5 Å². The van der Waals surface area contributed by atoms with Crippen LogP contribution in [0.3, 0.4) is 0 Å². The molecule has 1 aliphatic carbocycles. The molecule has 0 saturated carbocycles. The van der Waals surface area contributed by atoms with E-state index in [9.17, 15) is 4.79 Å². The van der Waals surface area contributed by atoms with Crippen LogP contribution in [0.4, 0.5) is 5.82 Å². The van der Waals surface area contributed by atoms with Gasteiger partial charge in [-0.1, -0.05) is 37.5 Å². The molecule has 23 heavy (non-hydrogen) atoms. The molecule has 5 nitrogen and oxygen atoms in total. The maximum absolute atomic E-state index is 12.5. The Bertz CT molecular complexity index is 716. The van der Waals surface area contributed by atoms with Crippen molar-refractivity contribution < 1.29 is 9.32 Å². The molecule has 1 aliphatic rings. The zero-order valence-electron chi connectivity index (χ0n) is 13.5. The van der Waals surface area contributed by atoms with Crippen molar-refractivity contribution in [2.45, 2.75) is 40.0 Å². The summed E-state index contributed by atoms with van der Waals surface area (Å²) >= 11 is 5.80. The normalized spacial score (nSPS) is 17.7. The summed E-state index contributed by atoms with van der Waals surface area (Å²) in [7, 11) is 0. The molecule has 0 spiro atoms. The summed E-state index contributed by atoms with van der Waals surface area (Å²) in [4.78, 5) is 16.6. The number of halogens is 1. The summed E-state index contributed by atoms with van der Waals surface area (Å²) in [6.07, 6.45) is 4.20. The van der Waals surface area contributed by atoms with Gasteiger partial charge in [0, 0.05) is 18.2 Å². The Morgan fingerprint density at radius 3 is 2.83 bits per heavy atom. The van der Waals surface area contributed by atoms with Gasteiger partial charge in [-0.05, 0) is 36.3 Å². The van der Waals surface area contributed by atoms with Crippen molar-refractivity contribution in [3.05, 3.63) is 40.4 Å². The first-order chi connectivity index (χ1) is 10.8. The monoisotopic (exact) mass is 333 g/mol. The molecule has 0 bridgehead atoms. The van der Waals surface area contributed by atoms with Crippen molar-refractivity contribution in [3.63, 3.8) is 0 Å². The first kappa shape index (κ1) is 16.0. The van der Waals surface area contributed by atoms with E-state index in [4.69, 9.17) is 16.1 Å². The van der Waals surface area contributed by atoms with Crippen LogP contribution in [0.5, 0.6) is 0 Å². The zero-order chi connectivity index (χ0) is 16.6. The van der Waals surface area contributed by atoms with Crippen LogP contribution in [0.25, 0.3) is 0 Å². The smallest absolute Gasteiger partial charge is 0.279 e. The molecule has 0 saturated heterocycles. The Balaban J connectivity index is 1.80. The van der Waals surface area contributed by atoms with E-state index in [0.717, 1.165) is 30.6 Å². The number of carbonyl (C=O) groups excluding carboxylic acids is 1. The average Bonchev–Trinajstić information content (AvgIpc) is 2.92. The highest BCUT2D eigenvalue weighted by Gasteiger charge is 2.34. The van der Waals surface area contributed by atoms with E-state index in [1.807, 2.05) is 0 Å². The third kappa shape index (κ3) is 3.39. The number of hydrogen-bond donors (Lipinski definition) is 1. The van der Waals surface area contributed by atoms with Gasteiger partial charge in [-0.3, -0.25) is 4.79 Å². The molecule has 1 atom stereocenters. The van der Waals surface area contributed by atoms with Crippen LogP contribution >= 0.6 is 11.6 Å². The van der Waals surface area contributed by atoms with Gasteiger partial charge in [0.05, 0.1) is 5.02 Å². The number of hydrogen-bond acceptors (Lipinski definition) is 4. The van der Waals surface area contributed by atoms with Gasteiger partial charge in [0.2, 0.25) is 0 Å². The van der Waals surface area contributed by atoms with Gasteiger partial charge in [0.15, 0.2) is 5.69 Å². The van der Waals surface area contributed by atoms with Gasteiger partial charge in [0.1, 0.15) is 11.6 Å². The SMILES string of the molecule is CC(C)(C)[C@@H]1CCc2onc(C(=O)Nc3ccc(Cl)cn3)c2C1. The molecular weight excluding hydrogens is 314 g/mol. The fraction of sp³-hybridized carbons (Fsp3) is 0.471. The lowest BCUT2D eigenvalue weighted by molar-refractivity contribution is 0.101. The number of rotatable bonds is 2. The molecule has 1 amide bonds. The van der Waals surface area contributed by atoms with Crippen molar-refractivity contribution in [2.75, 3.05) is 5.32 Å². The third-order valence-corrected chi connectivity index (χ3v) is 4.67. The fourth-order valence-corrected chi connectivity index (χ4v) is 3.06. The van der Waals surface area contributed by atoms with E-state index in [-0.39, 0.29) is 11.3 Å². The van der Waals surface area contributed by atoms with Gasteiger partial charge in [0.25, 0.3) is 5.91 Å². The molecule has 0 unspecified atom stereocenters. The van der Waals surface area contributed by atoms with E-state index in [2.05, 4.69) is 36.2 Å². The Kier molecular flexibility index (Phi) is 4.15. The van der Waals surface area contributed by atoms with E-state index >= 15 is 0 Å². The Hall–Kier alpha value is -1.88. The molecule has 0 aromatic carbocycles. The van der Waals surface area contributed by atoms with Gasteiger partial charge in [-0.2, -0.15) is 0 Å². The number of anilines is 1. The number of nitrogens with one attached hydrogen (secondary N) is 1. The summed E-state index contributed by atoms with van der Waals surface area (Å²) in [5.41, 5.74) is 1.49. The largest absolute Gasteiger partial charge is 0.360 e. The second kappa shape index (κ2) is 5.96. The number of pyridine rings is 1. The first-order valence-corrected chi connectivity index (χ1v) is 8.12. The minimum Gasteiger partial charge on any atom is -0.360 e. The van der Waals surface area contributed by atoms with Crippen LogP contribution in [0.2, 0.25) is 5.02 Å². The topological polar surface area (TPSA) is 68.0 Å². The van der Waals surface area contributed by atoms with Gasteiger partial charge < -0.3 is 9.84 Å². The van der Waals surface area contributed by atoms with Crippen LogP contribution in [-0.2, 0) is 12.8 Å². The highest BCUT2D eigenvalue weighted by Crippen LogP contribution is 2.38. The molecule has 3 rings (SSSR count). The summed E-state index contributed by atoms with van der Waals surface area (Å²) in [5.74, 6) is 1.49. The number of aromatic nitrogens is 2. The lowest BCUT2D eigenvalue weighted by atomic mass is 9.71. The zero-order valence-corrected chi connectivity index (χ0v) is 14.3. The third-order valence-electron chi connectivity index (χ3n) is 4.45. The summed E-state index contributed by atoms with van der Waals surface area (Å²) in [6, 6.07) is 3.34.